The van der Waals surface area contributed by atoms with Crippen LogP contribution in [-0.4, -0.2) is 37.7 Å². The molecule has 0 aliphatic heterocycles. The Morgan fingerprint density at radius 1 is 1.25 bits per heavy atom. The first-order chi connectivity index (χ1) is 11.6. The molecule has 1 aromatic carbocycles. The van der Waals surface area contributed by atoms with Crippen LogP contribution in [0.4, 0.5) is 4.39 Å². The van der Waals surface area contributed by atoms with Crippen molar-refractivity contribution in [3.8, 4) is 5.69 Å². The fourth-order valence-electron chi connectivity index (χ4n) is 2.63. The second-order valence-electron chi connectivity index (χ2n) is 5.89. The van der Waals surface area contributed by atoms with Crippen molar-refractivity contribution in [2.24, 2.45) is 0 Å². The van der Waals surface area contributed by atoms with E-state index < -0.39 is 0 Å². The Morgan fingerprint density at radius 2 is 2.12 bits per heavy atom. The number of halogens is 1. The van der Waals surface area contributed by atoms with Crippen molar-refractivity contribution in [1.29, 1.82) is 0 Å². The quantitative estimate of drug-likeness (QED) is 0.699. The molecule has 3 aromatic rings. The molecule has 1 atom stereocenters. The van der Waals surface area contributed by atoms with E-state index in [1.54, 1.807) is 41.6 Å². The van der Waals surface area contributed by atoms with Crippen LogP contribution in [0.3, 0.4) is 0 Å². The molecule has 0 radical (unpaired) electrons. The summed E-state index contributed by atoms with van der Waals surface area (Å²) in [4.78, 5) is 10.6. The van der Waals surface area contributed by atoms with Crippen LogP contribution in [0.2, 0.25) is 0 Å². The predicted molar refractivity (Wildman–Crippen MR) is 90.2 cm³/mol. The monoisotopic (exact) mass is 325 g/mol. The number of rotatable bonds is 6. The van der Waals surface area contributed by atoms with Crippen LogP contribution in [-0.2, 0) is 13.0 Å². The molecule has 0 amide bonds. The van der Waals surface area contributed by atoms with Crippen molar-refractivity contribution in [2.45, 2.75) is 25.9 Å². The van der Waals surface area contributed by atoms with E-state index >= 15 is 0 Å². The number of hydrogen-bond acceptors (Lipinski definition) is 4. The average molecular weight is 325 g/mol. The van der Waals surface area contributed by atoms with Crippen LogP contribution in [0.1, 0.15) is 18.2 Å². The van der Waals surface area contributed by atoms with E-state index in [0.717, 1.165) is 23.4 Å². The van der Waals surface area contributed by atoms with E-state index in [4.69, 9.17) is 0 Å². The molecule has 0 saturated carbocycles. The average Bonchev–Trinajstić information content (AvgIpc) is 3.10. The lowest BCUT2D eigenvalue weighted by atomic mass is 10.1. The summed E-state index contributed by atoms with van der Waals surface area (Å²) < 4.78 is 15.5. The van der Waals surface area contributed by atoms with Crippen LogP contribution >= 0.6 is 0 Å². The smallest absolute Gasteiger partial charge is 0.123 e. The lowest BCUT2D eigenvalue weighted by molar-refractivity contribution is 0.246. The molecule has 0 spiro atoms. The second kappa shape index (κ2) is 7.31. The van der Waals surface area contributed by atoms with Crippen molar-refractivity contribution in [3.05, 3.63) is 72.3 Å². The highest BCUT2D eigenvalue weighted by Gasteiger charge is 2.15. The predicted octanol–water partition coefficient (Wildman–Crippen LogP) is 2.86. The molecule has 3 rings (SSSR count). The zero-order valence-corrected chi connectivity index (χ0v) is 13.8. The van der Waals surface area contributed by atoms with Crippen LogP contribution in [0.15, 0.2) is 55.2 Å². The lowest BCUT2D eigenvalue weighted by Gasteiger charge is -2.25. The summed E-state index contributed by atoms with van der Waals surface area (Å²) in [5, 5.41) is 4.25. The molecule has 0 saturated heterocycles. The van der Waals surface area contributed by atoms with E-state index in [-0.39, 0.29) is 11.9 Å². The third kappa shape index (κ3) is 3.83. The molecule has 5 nitrogen and oxygen atoms in total. The van der Waals surface area contributed by atoms with Gasteiger partial charge in [0.15, 0.2) is 0 Å². The van der Waals surface area contributed by atoms with E-state index in [1.165, 1.54) is 6.07 Å². The maximum atomic E-state index is 13.7. The topological polar surface area (TPSA) is 46.8 Å². The van der Waals surface area contributed by atoms with Crippen LogP contribution in [0.25, 0.3) is 5.69 Å². The molecule has 0 bridgehead atoms. The number of likely N-dealkylation sites (N-methyl/N-ethyl adjacent to an activating group) is 1. The van der Waals surface area contributed by atoms with Crippen molar-refractivity contribution in [3.63, 3.8) is 0 Å². The third-order valence-electron chi connectivity index (χ3n) is 4.09. The molecule has 2 aromatic heterocycles. The summed E-state index contributed by atoms with van der Waals surface area (Å²) in [6, 6.07) is 6.90. The first-order valence-electron chi connectivity index (χ1n) is 7.87. The number of aromatic nitrogens is 4. The minimum atomic E-state index is -0.240. The molecular weight excluding hydrogens is 305 g/mol. The van der Waals surface area contributed by atoms with Gasteiger partial charge in [0.25, 0.3) is 0 Å². The van der Waals surface area contributed by atoms with E-state index in [2.05, 4.69) is 26.9 Å². The highest BCUT2D eigenvalue weighted by Crippen LogP contribution is 2.18. The molecule has 0 aliphatic carbocycles. The van der Waals surface area contributed by atoms with Gasteiger partial charge < -0.3 is 0 Å². The van der Waals surface area contributed by atoms with Gasteiger partial charge in [0.1, 0.15) is 5.82 Å². The van der Waals surface area contributed by atoms with E-state index in [9.17, 15) is 4.39 Å². The Morgan fingerprint density at radius 3 is 2.83 bits per heavy atom. The van der Waals surface area contributed by atoms with Crippen molar-refractivity contribution in [1.82, 2.24) is 24.6 Å². The molecule has 124 valence electrons. The summed E-state index contributed by atoms with van der Waals surface area (Å²) in [5.41, 5.74) is 2.73. The second-order valence-corrected chi connectivity index (χ2v) is 5.89. The third-order valence-corrected chi connectivity index (χ3v) is 4.09. The van der Waals surface area contributed by atoms with Gasteiger partial charge in [-0.15, -0.1) is 0 Å². The van der Waals surface area contributed by atoms with Crippen LogP contribution < -0.4 is 0 Å². The van der Waals surface area contributed by atoms with Gasteiger partial charge in [-0.05, 0) is 43.8 Å². The molecule has 6 heteroatoms. The summed E-state index contributed by atoms with van der Waals surface area (Å²) in [7, 11) is 2.03. The molecule has 0 N–H and O–H groups in total. The minimum absolute atomic E-state index is 0.240. The molecule has 2 heterocycles. The van der Waals surface area contributed by atoms with Gasteiger partial charge in [0.2, 0.25) is 0 Å². The summed E-state index contributed by atoms with van der Waals surface area (Å²) in [5.74, 6) is -0.240. The van der Waals surface area contributed by atoms with Gasteiger partial charge in [-0.2, -0.15) is 5.10 Å². The van der Waals surface area contributed by atoms with Gasteiger partial charge in [-0.1, -0.05) is 0 Å². The Labute approximate surface area is 140 Å². The molecule has 0 aliphatic rings. The zero-order chi connectivity index (χ0) is 16.9. The van der Waals surface area contributed by atoms with Crippen molar-refractivity contribution < 1.29 is 4.39 Å². The van der Waals surface area contributed by atoms with Crippen LogP contribution in [0.5, 0.6) is 0 Å². The van der Waals surface area contributed by atoms with Gasteiger partial charge in [-0.3, -0.25) is 14.9 Å². The zero-order valence-electron chi connectivity index (χ0n) is 13.8. The normalized spacial score (nSPS) is 12.5. The fourth-order valence-corrected chi connectivity index (χ4v) is 2.63. The Bertz CT molecular complexity index is 773. The molecule has 0 unspecified atom stereocenters. The summed E-state index contributed by atoms with van der Waals surface area (Å²) in [6.07, 6.45) is 9.51. The highest BCUT2D eigenvalue weighted by atomic mass is 19.1. The standard InChI is InChI=1S/C18H20FN5/c1-14(10-17-12-20-7-8-21-17)23(2)13-15-11-16(19)4-5-18(15)24-9-3-6-22-24/h3-9,11-12,14H,10,13H2,1-2H3/t14-/m1/s1. The fraction of sp³-hybridized carbons (Fsp3) is 0.278. The Balaban J connectivity index is 1.76. The van der Waals surface area contributed by atoms with Gasteiger partial charge in [0.05, 0.1) is 11.4 Å². The number of benzene rings is 1. The first kappa shape index (κ1) is 16.3. The minimum Gasteiger partial charge on any atom is -0.299 e. The van der Waals surface area contributed by atoms with E-state index in [1.807, 2.05) is 19.3 Å². The molecule has 0 fully saturated rings. The number of nitrogens with zero attached hydrogens (tertiary/aromatic N) is 5. The van der Waals surface area contributed by atoms with Crippen molar-refractivity contribution >= 4 is 0 Å². The first-order valence-corrected chi connectivity index (χ1v) is 7.87. The summed E-state index contributed by atoms with van der Waals surface area (Å²) >= 11 is 0. The summed E-state index contributed by atoms with van der Waals surface area (Å²) in [6.45, 7) is 2.75. The Hall–Kier alpha value is -2.60. The largest absolute Gasteiger partial charge is 0.299 e. The molecule has 24 heavy (non-hydrogen) atoms. The van der Waals surface area contributed by atoms with E-state index in [0.29, 0.717) is 6.54 Å². The van der Waals surface area contributed by atoms with Gasteiger partial charge in [-0.25, -0.2) is 9.07 Å². The highest BCUT2D eigenvalue weighted by molar-refractivity contribution is 5.40. The maximum Gasteiger partial charge on any atom is 0.123 e. The van der Waals surface area contributed by atoms with Crippen LogP contribution in [0, 0.1) is 5.82 Å². The van der Waals surface area contributed by atoms with Crippen molar-refractivity contribution in [2.75, 3.05) is 7.05 Å². The number of hydrogen-bond donors (Lipinski definition) is 0. The lowest BCUT2D eigenvalue weighted by Crippen LogP contribution is -2.31. The SMILES string of the molecule is C[C@H](Cc1cnccn1)N(C)Cc1cc(F)ccc1-n1cccn1. The molecular formula is C18H20FN5. The Kier molecular flexibility index (Phi) is 4.96. The van der Waals surface area contributed by atoms with Gasteiger partial charge in [0, 0.05) is 50.0 Å². The van der Waals surface area contributed by atoms with Gasteiger partial charge >= 0.3 is 0 Å². The maximum absolute atomic E-state index is 13.7.